The number of aryl methyl sites for hydroxylation is 2. The van der Waals surface area contributed by atoms with E-state index in [1.54, 1.807) is 0 Å². The Morgan fingerprint density at radius 2 is 2.15 bits per heavy atom. The van der Waals surface area contributed by atoms with E-state index in [1.165, 1.54) is 16.7 Å². The van der Waals surface area contributed by atoms with Crippen molar-refractivity contribution < 1.29 is 4.79 Å². The number of hydrogen-bond donors (Lipinski definition) is 1. The lowest BCUT2D eigenvalue weighted by Crippen LogP contribution is -2.04. The van der Waals surface area contributed by atoms with Gasteiger partial charge in [-0.2, -0.15) is 0 Å². The fourth-order valence-corrected chi connectivity index (χ4v) is 1.78. The standard InChI is InChI=1S/C10H13N.CH2O/c1-7-2-4-9-8(6-7)3-5-10(9)11;1-2/h2,4,6,10H,3,5,11H2,1H3;1H2. The van der Waals surface area contributed by atoms with E-state index in [9.17, 15) is 0 Å². The largest absolute Gasteiger partial charge is 0.324 e. The maximum Gasteiger partial charge on any atom is 0.106 e. The predicted octanol–water partition coefficient (Wildman–Crippen LogP) is 1.76. The fraction of sp³-hybridized carbons (Fsp3) is 0.364. The van der Waals surface area contributed by atoms with Crippen LogP contribution < -0.4 is 5.73 Å². The Morgan fingerprint density at radius 3 is 2.85 bits per heavy atom. The molecule has 2 N–H and O–H groups in total. The van der Waals surface area contributed by atoms with Crippen molar-refractivity contribution in [3.8, 4) is 0 Å². The van der Waals surface area contributed by atoms with Gasteiger partial charge in [0.2, 0.25) is 0 Å². The number of hydrogen-bond acceptors (Lipinski definition) is 2. The first-order chi connectivity index (χ1) is 6.27. The minimum absolute atomic E-state index is 0.297. The molecule has 1 unspecified atom stereocenters. The Morgan fingerprint density at radius 1 is 1.46 bits per heavy atom. The van der Waals surface area contributed by atoms with Crippen LogP contribution in [0.3, 0.4) is 0 Å². The van der Waals surface area contributed by atoms with E-state index in [0.717, 1.165) is 12.8 Å². The first-order valence-corrected chi connectivity index (χ1v) is 4.41. The molecule has 2 rings (SSSR count). The minimum Gasteiger partial charge on any atom is -0.324 e. The first kappa shape index (κ1) is 9.93. The van der Waals surface area contributed by atoms with Crippen LogP contribution >= 0.6 is 0 Å². The molecule has 1 aliphatic carbocycles. The summed E-state index contributed by atoms with van der Waals surface area (Å²) in [5.74, 6) is 0. The van der Waals surface area contributed by atoms with E-state index in [4.69, 9.17) is 10.5 Å². The number of carbonyl (C=O) groups excluding carboxylic acids is 1. The number of carbonyl (C=O) groups is 1. The van der Waals surface area contributed by atoms with Crippen molar-refractivity contribution >= 4 is 6.79 Å². The van der Waals surface area contributed by atoms with Crippen LogP contribution in [0.25, 0.3) is 0 Å². The van der Waals surface area contributed by atoms with E-state index < -0.39 is 0 Å². The lowest BCUT2D eigenvalue weighted by molar-refractivity contribution is -0.0979. The third-order valence-corrected chi connectivity index (χ3v) is 2.42. The summed E-state index contributed by atoms with van der Waals surface area (Å²) >= 11 is 0. The summed E-state index contributed by atoms with van der Waals surface area (Å²) in [6.07, 6.45) is 2.29. The Bertz CT molecular complexity index is 296. The lowest BCUT2D eigenvalue weighted by atomic mass is 10.1. The topological polar surface area (TPSA) is 43.1 Å². The van der Waals surface area contributed by atoms with Crippen LogP contribution in [0.5, 0.6) is 0 Å². The smallest absolute Gasteiger partial charge is 0.106 e. The molecule has 0 spiro atoms. The highest BCUT2D eigenvalue weighted by Crippen LogP contribution is 2.29. The molecule has 70 valence electrons. The zero-order valence-electron chi connectivity index (χ0n) is 7.92. The predicted molar refractivity (Wildman–Crippen MR) is 53.5 cm³/mol. The molecule has 1 aromatic rings. The summed E-state index contributed by atoms with van der Waals surface area (Å²) in [7, 11) is 0. The van der Waals surface area contributed by atoms with Gasteiger partial charge < -0.3 is 10.5 Å². The van der Waals surface area contributed by atoms with Gasteiger partial charge in [0, 0.05) is 6.04 Å². The third-order valence-electron chi connectivity index (χ3n) is 2.42. The van der Waals surface area contributed by atoms with Crippen molar-refractivity contribution in [1.82, 2.24) is 0 Å². The van der Waals surface area contributed by atoms with Crippen molar-refractivity contribution in [3.63, 3.8) is 0 Å². The Hall–Kier alpha value is -1.15. The molecule has 0 bridgehead atoms. The zero-order valence-corrected chi connectivity index (χ0v) is 7.92. The first-order valence-electron chi connectivity index (χ1n) is 4.41. The highest BCUT2D eigenvalue weighted by atomic mass is 16.1. The molecule has 1 atom stereocenters. The second-order valence-electron chi connectivity index (χ2n) is 3.35. The van der Waals surface area contributed by atoms with Crippen LogP contribution in [0.15, 0.2) is 18.2 Å². The Kier molecular flexibility index (Phi) is 3.20. The van der Waals surface area contributed by atoms with Gasteiger partial charge in [-0.15, -0.1) is 0 Å². The van der Waals surface area contributed by atoms with Gasteiger partial charge in [-0.3, -0.25) is 0 Å². The molecule has 1 aliphatic rings. The van der Waals surface area contributed by atoms with Gasteiger partial charge in [0.1, 0.15) is 6.79 Å². The summed E-state index contributed by atoms with van der Waals surface area (Å²) in [4.78, 5) is 8.00. The summed E-state index contributed by atoms with van der Waals surface area (Å²) in [5, 5.41) is 0. The Balaban J connectivity index is 0.000000396. The van der Waals surface area contributed by atoms with Gasteiger partial charge in [-0.1, -0.05) is 23.8 Å². The number of rotatable bonds is 0. The molecule has 0 amide bonds. The lowest BCUT2D eigenvalue weighted by Gasteiger charge is -2.03. The van der Waals surface area contributed by atoms with E-state index in [-0.39, 0.29) is 0 Å². The van der Waals surface area contributed by atoms with E-state index in [1.807, 2.05) is 6.79 Å². The maximum absolute atomic E-state index is 8.00. The molecular weight excluding hydrogens is 162 g/mol. The van der Waals surface area contributed by atoms with Crippen LogP contribution in [-0.4, -0.2) is 6.79 Å². The molecule has 0 saturated carbocycles. The highest BCUT2D eigenvalue weighted by Gasteiger charge is 2.17. The van der Waals surface area contributed by atoms with Gasteiger partial charge in [-0.05, 0) is 30.9 Å². The van der Waals surface area contributed by atoms with Crippen LogP contribution in [0.4, 0.5) is 0 Å². The average Bonchev–Trinajstić information content (AvgIpc) is 2.51. The summed E-state index contributed by atoms with van der Waals surface area (Å²) < 4.78 is 0. The summed E-state index contributed by atoms with van der Waals surface area (Å²) in [6, 6.07) is 6.86. The molecular formula is C11H15NO. The molecule has 0 fully saturated rings. The van der Waals surface area contributed by atoms with Crippen molar-refractivity contribution in [2.24, 2.45) is 5.73 Å². The van der Waals surface area contributed by atoms with Gasteiger partial charge in [0.25, 0.3) is 0 Å². The molecule has 0 saturated heterocycles. The molecule has 2 nitrogen and oxygen atoms in total. The summed E-state index contributed by atoms with van der Waals surface area (Å²) in [5.41, 5.74) is 10.1. The van der Waals surface area contributed by atoms with Gasteiger partial charge in [-0.25, -0.2) is 0 Å². The number of fused-ring (bicyclic) bond motifs is 1. The second-order valence-corrected chi connectivity index (χ2v) is 3.35. The van der Waals surface area contributed by atoms with Crippen molar-refractivity contribution in [2.45, 2.75) is 25.8 Å². The second kappa shape index (κ2) is 4.19. The number of benzene rings is 1. The summed E-state index contributed by atoms with van der Waals surface area (Å²) in [6.45, 7) is 4.13. The molecule has 0 radical (unpaired) electrons. The van der Waals surface area contributed by atoms with E-state index in [0.29, 0.717) is 6.04 Å². The molecule has 2 heteroatoms. The molecule has 0 heterocycles. The van der Waals surface area contributed by atoms with Crippen molar-refractivity contribution in [3.05, 3.63) is 34.9 Å². The zero-order chi connectivity index (χ0) is 9.84. The average molecular weight is 177 g/mol. The quantitative estimate of drug-likeness (QED) is 0.656. The SMILES string of the molecule is C=O.Cc1ccc2c(c1)CCC2N. The van der Waals surface area contributed by atoms with E-state index >= 15 is 0 Å². The Labute approximate surface area is 78.8 Å². The minimum atomic E-state index is 0.297. The molecule has 1 aromatic carbocycles. The monoisotopic (exact) mass is 177 g/mol. The van der Waals surface area contributed by atoms with Gasteiger partial charge >= 0.3 is 0 Å². The van der Waals surface area contributed by atoms with Crippen molar-refractivity contribution in [2.75, 3.05) is 0 Å². The third kappa shape index (κ3) is 1.95. The van der Waals surface area contributed by atoms with Crippen LogP contribution in [0.1, 0.15) is 29.2 Å². The molecule has 13 heavy (non-hydrogen) atoms. The highest BCUT2D eigenvalue weighted by molar-refractivity contribution is 5.37. The van der Waals surface area contributed by atoms with Crippen LogP contribution in [0, 0.1) is 6.92 Å². The maximum atomic E-state index is 8.00. The van der Waals surface area contributed by atoms with Crippen LogP contribution in [-0.2, 0) is 11.2 Å². The number of nitrogens with two attached hydrogens (primary N) is 1. The fourth-order valence-electron chi connectivity index (χ4n) is 1.78. The normalized spacial score (nSPS) is 18.8. The van der Waals surface area contributed by atoms with Gasteiger partial charge in [0.05, 0.1) is 0 Å². The molecule has 0 aliphatic heterocycles. The van der Waals surface area contributed by atoms with Crippen LogP contribution in [0.2, 0.25) is 0 Å². The van der Waals surface area contributed by atoms with Crippen molar-refractivity contribution in [1.29, 1.82) is 0 Å². The van der Waals surface area contributed by atoms with Gasteiger partial charge in [0.15, 0.2) is 0 Å². The molecule has 0 aromatic heterocycles. The van der Waals surface area contributed by atoms with E-state index in [2.05, 4.69) is 25.1 Å².